The Labute approximate surface area is 130 Å². The highest BCUT2D eigenvalue weighted by Gasteiger charge is 2.11. The molecule has 102 valence electrons. The molecule has 3 heteroatoms. The average Bonchev–Trinajstić information content (AvgIpc) is 2.37. The van der Waals surface area contributed by atoms with Crippen LogP contribution in [0.2, 0.25) is 5.02 Å². The first-order chi connectivity index (χ1) is 8.69. The number of halogens is 2. The van der Waals surface area contributed by atoms with E-state index in [0.29, 0.717) is 6.04 Å². The van der Waals surface area contributed by atoms with Gasteiger partial charge in [0, 0.05) is 9.61 Å². The molecule has 0 saturated heterocycles. The second-order valence-electron chi connectivity index (χ2n) is 4.63. The highest BCUT2D eigenvalue weighted by atomic mass is 127. The van der Waals surface area contributed by atoms with E-state index in [-0.39, 0.29) is 0 Å². The first kappa shape index (κ1) is 16.3. The summed E-state index contributed by atoms with van der Waals surface area (Å²) in [4.78, 5) is 0. The van der Waals surface area contributed by atoms with E-state index in [2.05, 4.69) is 60.0 Å². The van der Waals surface area contributed by atoms with Gasteiger partial charge >= 0.3 is 0 Å². The van der Waals surface area contributed by atoms with Crippen molar-refractivity contribution in [2.24, 2.45) is 0 Å². The van der Waals surface area contributed by atoms with E-state index in [4.69, 9.17) is 11.6 Å². The lowest BCUT2D eigenvalue weighted by molar-refractivity contribution is 0.482. The molecule has 0 aliphatic heterocycles. The third kappa shape index (κ3) is 5.45. The highest BCUT2D eigenvalue weighted by molar-refractivity contribution is 14.1. The fourth-order valence-electron chi connectivity index (χ4n) is 2.14. The van der Waals surface area contributed by atoms with E-state index < -0.39 is 0 Å². The van der Waals surface area contributed by atoms with Crippen molar-refractivity contribution in [3.63, 3.8) is 0 Å². The Morgan fingerprint density at radius 1 is 1.22 bits per heavy atom. The van der Waals surface area contributed by atoms with Crippen molar-refractivity contribution in [1.29, 1.82) is 0 Å². The fourth-order valence-corrected chi connectivity index (χ4v) is 2.66. The van der Waals surface area contributed by atoms with Gasteiger partial charge in [-0.2, -0.15) is 0 Å². The molecule has 1 unspecified atom stereocenters. The van der Waals surface area contributed by atoms with Gasteiger partial charge in [-0.25, -0.2) is 0 Å². The molecule has 0 saturated carbocycles. The lowest BCUT2D eigenvalue weighted by Gasteiger charge is -2.19. The van der Waals surface area contributed by atoms with Crippen molar-refractivity contribution in [3.05, 3.63) is 32.4 Å². The molecule has 1 aromatic rings. The van der Waals surface area contributed by atoms with Gasteiger partial charge in [-0.3, -0.25) is 0 Å². The van der Waals surface area contributed by atoms with Gasteiger partial charge < -0.3 is 5.32 Å². The van der Waals surface area contributed by atoms with Crippen molar-refractivity contribution < 1.29 is 0 Å². The maximum atomic E-state index is 6.21. The minimum absolute atomic E-state index is 0.446. The second kappa shape index (κ2) is 9.16. The van der Waals surface area contributed by atoms with Gasteiger partial charge in [0.15, 0.2) is 0 Å². The molecule has 0 spiro atoms. The van der Waals surface area contributed by atoms with Gasteiger partial charge in [-0.1, -0.05) is 57.2 Å². The van der Waals surface area contributed by atoms with Crippen LogP contribution in [0.15, 0.2) is 18.2 Å². The molecular weight excluding hydrogens is 357 g/mol. The van der Waals surface area contributed by atoms with Crippen LogP contribution in [0.5, 0.6) is 0 Å². The van der Waals surface area contributed by atoms with Crippen LogP contribution in [-0.2, 0) is 0 Å². The van der Waals surface area contributed by atoms with Gasteiger partial charge in [0.05, 0.1) is 5.02 Å². The first-order valence-electron chi connectivity index (χ1n) is 6.87. The van der Waals surface area contributed by atoms with Gasteiger partial charge in [0.25, 0.3) is 0 Å². The molecule has 0 fully saturated rings. The van der Waals surface area contributed by atoms with Crippen LogP contribution in [0.25, 0.3) is 0 Å². The Morgan fingerprint density at radius 3 is 2.61 bits per heavy atom. The Balaban J connectivity index is 2.61. The summed E-state index contributed by atoms with van der Waals surface area (Å²) in [6, 6.07) is 6.85. The third-order valence-corrected chi connectivity index (χ3v) is 4.72. The van der Waals surface area contributed by atoms with Crippen molar-refractivity contribution in [3.8, 4) is 0 Å². The van der Waals surface area contributed by atoms with Gasteiger partial charge in [-0.05, 0) is 53.3 Å². The molecule has 1 N–H and O–H groups in total. The van der Waals surface area contributed by atoms with Gasteiger partial charge in [0.2, 0.25) is 0 Å². The van der Waals surface area contributed by atoms with Crippen LogP contribution in [0.4, 0.5) is 0 Å². The van der Waals surface area contributed by atoms with Crippen LogP contribution < -0.4 is 5.32 Å². The first-order valence-corrected chi connectivity index (χ1v) is 8.33. The summed E-state index contributed by atoms with van der Waals surface area (Å²) in [5, 5.41) is 4.43. The molecule has 1 aromatic carbocycles. The van der Waals surface area contributed by atoms with E-state index in [1.165, 1.54) is 37.7 Å². The molecule has 0 bridgehead atoms. The van der Waals surface area contributed by atoms with E-state index >= 15 is 0 Å². The maximum Gasteiger partial charge on any atom is 0.0542 e. The van der Waals surface area contributed by atoms with E-state index in [0.717, 1.165) is 15.1 Å². The summed E-state index contributed by atoms with van der Waals surface area (Å²) in [5.74, 6) is 0. The molecule has 0 aromatic heterocycles. The lowest BCUT2D eigenvalue weighted by atomic mass is 10.00. The lowest BCUT2D eigenvalue weighted by Crippen LogP contribution is -2.20. The standard InChI is InChI=1S/C15H23ClIN/c1-3-5-6-7-8-15(18-4-2)12-9-10-14(17)13(16)11-12/h9-11,15,18H,3-8H2,1-2H3. The number of unbranched alkanes of at least 4 members (excludes halogenated alkanes) is 3. The summed E-state index contributed by atoms with van der Waals surface area (Å²) in [7, 11) is 0. The molecule has 0 radical (unpaired) electrons. The zero-order valence-corrected chi connectivity index (χ0v) is 14.2. The number of rotatable bonds is 8. The summed E-state index contributed by atoms with van der Waals surface area (Å²) in [5.41, 5.74) is 1.32. The van der Waals surface area contributed by atoms with Crippen molar-refractivity contribution in [2.45, 2.75) is 52.0 Å². The van der Waals surface area contributed by atoms with Crippen LogP contribution in [0.3, 0.4) is 0 Å². The molecule has 1 nitrogen and oxygen atoms in total. The smallest absolute Gasteiger partial charge is 0.0542 e. The molecule has 0 aliphatic rings. The monoisotopic (exact) mass is 379 g/mol. The average molecular weight is 380 g/mol. The van der Waals surface area contributed by atoms with Crippen LogP contribution in [0, 0.1) is 3.57 Å². The molecule has 1 rings (SSSR count). The highest BCUT2D eigenvalue weighted by Crippen LogP contribution is 2.26. The fraction of sp³-hybridized carbons (Fsp3) is 0.600. The molecule has 18 heavy (non-hydrogen) atoms. The van der Waals surface area contributed by atoms with Crippen LogP contribution in [-0.4, -0.2) is 6.54 Å². The minimum atomic E-state index is 0.446. The minimum Gasteiger partial charge on any atom is -0.310 e. The Morgan fingerprint density at radius 2 is 2.00 bits per heavy atom. The SMILES string of the molecule is CCCCCCC(NCC)c1ccc(I)c(Cl)c1. The quantitative estimate of drug-likeness (QED) is 0.460. The number of benzene rings is 1. The summed E-state index contributed by atoms with van der Waals surface area (Å²) in [6.45, 7) is 5.41. The third-order valence-electron chi connectivity index (χ3n) is 3.14. The van der Waals surface area contributed by atoms with Gasteiger partial charge in [0.1, 0.15) is 0 Å². The predicted octanol–water partition coefficient (Wildman–Crippen LogP) is 5.57. The maximum absolute atomic E-state index is 6.21. The summed E-state index contributed by atoms with van der Waals surface area (Å²) in [6.07, 6.45) is 6.45. The molecule has 0 heterocycles. The Kier molecular flexibility index (Phi) is 8.27. The zero-order chi connectivity index (χ0) is 13.4. The predicted molar refractivity (Wildman–Crippen MR) is 89.3 cm³/mol. The van der Waals surface area contributed by atoms with Gasteiger partial charge in [-0.15, -0.1) is 0 Å². The van der Waals surface area contributed by atoms with E-state index in [9.17, 15) is 0 Å². The normalized spacial score (nSPS) is 12.7. The van der Waals surface area contributed by atoms with E-state index in [1.807, 2.05) is 0 Å². The molecule has 0 aliphatic carbocycles. The molecular formula is C15H23ClIN. The van der Waals surface area contributed by atoms with Crippen molar-refractivity contribution >= 4 is 34.2 Å². The van der Waals surface area contributed by atoms with Crippen molar-refractivity contribution in [1.82, 2.24) is 5.32 Å². The number of hydrogen-bond donors (Lipinski definition) is 1. The van der Waals surface area contributed by atoms with Crippen LogP contribution in [0.1, 0.15) is 57.6 Å². The molecule has 1 atom stereocenters. The summed E-state index contributed by atoms with van der Waals surface area (Å²) < 4.78 is 1.12. The molecule has 0 amide bonds. The number of hydrogen-bond acceptors (Lipinski definition) is 1. The van der Waals surface area contributed by atoms with Crippen LogP contribution >= 0.6 is 34.2 Å². The zero-order valence-electron chi connectivity index (χ0n) is 11.3. The van der Waals surface area contributed by atoms with Crippen molar-refractivity contribution in [2.75, 3.05) is 6.54 Å². The number of nitrogens with one attached hydrogen (secondary N) is 1. The topological polar surface area (TPSA) is 12.0 Å². The Hall–Kier alpha value is 0.200. The van der Waals surface area contributed by atoms with E-state index in [1.54, 1.807) is 0 Å². The Bertz CT molecular complexity index is 354. The summed E-state index contributed by atoms with van der Waals surface area (Å²) >= 11 is 8.48. The largest absolute Gasteiger partial charge is 0.310 e. The second-order valence-corrected chi connectivity index (χ2v) is 6.20.